The molecule has 4 heteroatoms. The highest BCUT2D eigenvalue weighted by Gasteiger charge is 2.12. The van der Waals surface area contributed by atoms with Crippen LogP contribution in [0.15, 0.2) is 36.0 Å². The van der Waals surface area contributed by atoms with Gasteiger partial charge in [-0.05, 0) is 6.07 Å². The molecule has 84 valence electrons. The second-order valence-corrected chi connectivity index (χ2v) is 4.49. The van der Waals surface area contributed by atoms with E-state index in [2.05, 4.69) is 4.98 Å². The average molecular weight is 234 g/mol. The van der Waals surface area contributed by atoms with Gasteiger partial charge in [0.05, 0.1) is 12.6 Å². The highest BCUT2D eigenvalue weighted by molar-refractivity contribution is 7.09. The van der Waals surface area contributed by atoms with Crippen molar-refractivity contribution in [2.45, 2.75) is 12.5 Å². The van der Waals surface area contributed by atoms with Crippen LogP contribution in [-0.2, 0) is 6.42 Å². The minimum atomic E-state index is -0.0448. The molecule has 0 spiro atoms. The van der Waals surface area contributed by atoms with Gasteiger partial charge in [0.2, 0.25) is 0 Å². The molecule has 0 saturated carbocycles. The molecule has 1 heterocycles. The summed E-state index contributed by atoms with van der Waals surface area (Å²) in [6, 6.07) is 7.81. The lowest BCUT2D eigenvalue weighted by Gasteiger charge is -2.14. The molecule has 0 aliphatic carbocycles. The summed E-state index contributed by atoms with van der Waals surface area (Å²) in [5, 5.41) is 0. The van der Waals surface area contributed by atoms with E-state index >= 15 is 0 Å². The van der Waals surface area contributed by atoms with Crippen molar-refractivity contribution in [1.29, 1.82) is 0 Å². The molecule has 2 rings (SSSR count). The van der Waals surface area contributed by atoms with Crippen LogP contribution in [0.5, 0.6) is 5.75 Å². The fourth-order valence-corrected chi connectivity index (χ4v) is 2.30. The standard InChI is InChI=1S/C12H14N2OS/c1-15-12-5-3-2-4-10(12)11(13)6-9-7-14-8-16-9/h2-5,7-8,11H,6,13H2,1H3. The van der Waals surface area contributed by atoms with E-state index in [0.717, 1.165) is 17.7 Å². The van der Waals surface area contributed by atoms with Gasteiger partial charge in [-0.2, -0.15) is 0 Å². The van der Waals surface area contributed by atoms with E-state index in [1.165, 1.54) is 4.88 Å². The number of nitrogens with zero attached hydrogens (tertiary/aromatic N) is 1. The Morgan fingerprint density at radius 3 is 2.94 bits per heavy atom. The van der Waals surface area contributed by atoms with Crippen LogP contribution < -0.4 is 10.5 Å². The first kappa shape index (κ1) is 11.1. The normalized spacial score (nSPS) is 12.4. The van der Waals surface area contributed by atoms with E-state index in [1.54, 1.807) is 18.4 Å². The van der Waals surface area contributed by atoms with E-state index in [4.69, 9.17) is 10.5 Å². The third-order valence-corrected chi connectivity index (χ3v) is 3.24. The number of thiazole rings is 1. The van der Waals surface area contributed by atoms with Gasteiger partial charge in [0.1, 0.15) is 5.75 Å². The van der Waals surface area contributed by atoms with Gasteiger partial charge in [-0.3, -0.25) is 4.98 Å². The lowest BCUT2D eigenvalue weighted by Crippen LogP contribution is -2.13. The molecule has 0 aliphatic heterocycles. The third kappa shape index (κ3) is 2.40. The fraction of sp³-hybridized carbons (Fsp3) is 0.250. The maximum Gasteiger partial charge on any atom is 0.123 e. The molecule has 0 bridgehead atoms. The highest BCUT2D eigenvalue weighted by Crippen LogP contribution is 2.26. The van der Waals surface area contributed by atoms with Crippen LogP contribution in [0.1, 0.15) is 16.5 Å². The highest BCUT2D eigenvalue weighted by atomic mass is 32.1. The summed E-state index contributed by atoms with van der Waals surface area (Å²) in [4.78, 5) is 5.24. The monoisotopic (exact) mass is 234 g/mol. The van der Waals surface area contributed by atoms with Crippen molar-refractivity contribution in [2.75, 3.05) is 7.11 Å². The number of ether oxygens (including phenoxy) is 1. The zero-order chi connectivity index (χ0) is 11.4. The number of aromatic nitrogens is 1. The van der Waals surface area contributed by atoms with Gasteiger partial charge in [0.25, 0.3) is 0 Å². The Labute approximate surface area is 98.9 Å². The van der Waals surface area contributed by atoms with Crippen LogP contribution in [0, 0.1) is 0 Å². The van der Waals surface area contributed by atoms with Crippen molar-refractivity contribution in [2.24, 2.45) is 5.73 Å². The Kier molecular flexibility index (Phi) is 3.54. The largest absolute Gasteiger partial charge is 0.496 e. The summed E-state index contributed by atoms with van der Waals surface area (Å²) >= 11 is 1.63. The van der Waals surface area contributed by atoms with Crippen molar-refractivity contribution < 1.29 is 4.74 Å². The Balaban J connectivity index is 2.17. The van der Waals surface area contributed by atoms with E-state index in [9.17, 15) is 0 Å². The molecule has 1 aromatic carbocycles. The van der Waals surface area contributed by atoms with E-state index in [0.29, 0.717) is 0 Å². The Hall–Kier alpha value is -1.39. The van der Waals surface area contributed by atoms with Gasteiger partial charge in [-0.1, -0.05) is 18.2 Å². The number of hydrogen-bond acceptors (Lipinski definition) is 4. The maximum atomic E-state index is 6.16. The number of methoxy groups -OCH3 is 1. The van der Waals surface area contributed by atoms with E-state index in [1.807, 2.05) is 36.0 Å². The molecular formula is C12H14N2OS. The predicted octanol–water partition coefficient (Wildman–Crippen LogP) is 2.39. The van der Waals surface area contributed by atoms with Crippen molar-refractivity contribution in [3.63, 3.8) is 0 Å². The van der Waals surface area contributed by atoms with Crippen molar-refractivity contribution >= 4 is 11.3 Å². The first-order valence-corrected chi connectivity index (χ1v) is 5.95. The third-order valence-electron chi connectivity index (χ3n) is 2.44. The van der Waals surface area contributed by atoms with E-state index < -0.39 is 0 Å². The molecule has 0 amide bonds. The molecule has 0 saturated heterocycles. The lowest BCUT2D eigenvalue weighted by molar-refractivity contribution is 0.405. The van der Waals surface area contributed by atoms with Gasteiger partial charge in [0.15, 0.2) is 0 Å². The van der Waals surface area contributed by atoms with Gasteiger partial charge in [-0.25, -0.2) is 0 Å². The summed E-state index contributed by atoms with van der Waals surface area (Å²) in [7, 11) is 1.66. The summed E-state index contributed by atoms with van der Waals surface area (Å²) in [6.07, 6.45) is 2.66. The molecule has 0 fully saturated rings. The smallest absolute Gasteiger partial charge is 0.123 e. The number of benzene rings is 1. The predicted molar refractivity (Wildman–Crippen MR) is 65.7 cm³/mol. The number of para-hydroxylation sites is 1. The quantitative estimate of drug-likeness (QED) is 0.883. The van der Waals surface area contributed by atoms with Crippen molar-refractivity contribution in [1.82, 2.24) is 4.98 Å². The fourth-order valence-electron chi connectivity index (χ4n) is 1.64. The molecule has 1 aromatic heterocycles. The Morgan fingerprint density at radius 2 is 2.25 bits per heavy atom. The van der Waals surface area contributed by atoms with Crippen molar-refractivity contribution in [3.05, 3.63) is 46.4 Å². The van der Waals surface area contributed by atoms with E-state index in [-0.39, 0.29) is 6.04 Å². The second-order valence-electron chi connectivity index (χ2n) is 3.52. The summed E-state index contributed by atoms with van der Waals surface area (Å²) in [5.41, 5.74) is 9.03. The summed E-state index contributed by atoms with van der Waals surface area (Å²) < 4.78 is 5.29. The molecule has 16 heavy (non-hydrogen) atoms. The molecule has 3 nitrogen and oxygen atoms in total. The van der Waals surface area contributed by atoms with Gasteiger partial charge in [-0.15, -0.1) is 11.3 Å². The van der Waals surface area contributed by atoms with Crippen molar-refractivity contribution in [3.8, 4) is 5.75 Å². The Bertz CT molecular complexity index is 442. The average Bonchev–Trinajstić information content (AvgIpc) is 2.81. The van der Waals surface area contributed by atoms with Crippen LogP contribution in [0.3, 0.4) is 0 Å². The minimum absolute atomic E-state index is 0.0448. The number of nitrogens with two attached hydrogens (primary N) is 1. The summed E-state index contributed by atoms with van der Waals surface area (Å²) in [6.45, 7) is 0. The van der Waals surface area contributed by atoms with Crippen LogP contribution >= 0.6 is 11.3 Å². The molecule has 1 atom stereocenters. The van der Waals surface area contributed by atoms with Crippen LogP contribution in [-0.4, -0.2) is 12.1 Å². The first-order valence-electron chi connectivity index (χ1n) is 5.07. The first-order chi connectivity index (χ1) is 7.81. The van der Waals surface area contributed by atoms with Crippen LogP contribution in [0.4, 0.5) is 0 Å². The molecule has 2 aromatic rings. The molecule has 0 aliphatic rings. The minimum Gasteiger partial charge on any atom is -0.496 e. The molecular weight excluding hydrogens is 220 g/mol. The van der Waals surface area contributed by atoms with Gasteiger partial charge in [0, 0.05) is 29.1 Å². The van der Waals surface area contributed by atoms with Gasteiger partial charge >= 0.3 is 0 Å². The SMILES string of the molecule is COc1ccccc1C(N)Cc1cncs1. The Morgan fingerprint density at radius 1 is 1.44 bits per heavy atom. The number of rotatable bonds is 4. The zero-order valence-electron chi connectivity index (χ0n) is 9.09. The molecule has 2 N–H and O–H groups in total. The lowest BCUT2D eigenvalue weighted by atomic mass is 10.0. The topological polar surface area (TPSA) is 48.1 Å². The van der Waals surface area contributed by atoms with Crippen LogP contribution in [0.2, 0.25) is 0 Å². The zero-order valence-corrected chi connectivity index (χ0v) is 9.91. The van der Waals surface area contributed by atoms with Gasteiger partial charge < -0.3 is 10.5 Å². The summed E-state index contributed by atoms with van der Waals surface area (Å²) in [5.74, 6) is 0.847. The maximum absolute atomic E-state index is 6.16. The number of hydrogen-bond donors (Lipinski definition) is 1. The second kappa shape index (κ2) is 5.09. The molecule has 1 unspecified atom stereocenters. The van der Waals surface area contributed by atoms with Crippen LogP contribution in [0.25, 0.3) is 0 Å². The molecule has 0 radical (unpaired) electrons.